The fourth-order valence-corrected chi connectivity index (χ4v) is 5.31. The molecule has 0 aromatic heterocycles. The molecule has 3 amide bonds. The maximum atomic E-state index is 13.1. The van der Waals surface area contributed by atoms with Crippen molar-refractivity contribution in [1.82, 2.24) is 15.4 Å². The lowest BCUT2D eigenvalue weighted by Gasteiger charge is -2.22. The summed E-state index contributed by atoms with van der Waals surface area (Å²) in [5, 5.41) is 12.8. The molecule has 0 aliphatic carbocycles. The molecule has 238 valence electrons. The van der Waals surface area contributed by atoms with E-state index in [1.54, 1.807) is 72.8 Å². The van der Waals surface area contributed by atoms with Crippen LogP contribution in [0, 0.1) is 5.41 Å². The molecule has 3 aromatic rings. The molecular formula is C32H38N6O6S. The molecule has 0 saturated heterocycles. The van der Waals surface area contributed by atoms with Gasteiger partial charge >= 0.3 is 0 Å². The summed E-state index contributed by atoms with van der Waals surface area (Å²) < 4.78 is 27.4. The van der Waals surface area contributed by atoms with Crippen molar-refractivity contribution in [2.45, 2.75) is 51.2 Å². The van der Waals surface area contributed by atoms with Crippen molar-refractivity contribution in [3.8, 4) is 0 Å². The Labute approximate surface area is 262 Å². The molecule has 0 bridgehead atoms. The molecule has 13 heteroatoms. The first-order valence-corrected chi connectivity index (χ1v) is 16.0. The van der Waals surface area contributed by atoms with Crippen LogP contribution in [0.25, 0.3) is 0 Å². The third-order valence-corrected chi connectivity index (χ3v) is 8.41. The van der Waals surface area contributed by atoms with E-state index in [9.17, 15) is 27.6 Å². The van der Waals surface area contributed by atoms with E-state index >= 15 is 0 Å². The van der Waals surface area contributed by atoms with Crippen molar-refractivity contribution in [3.05, 3.63) is 107 Å². The first kappa shape index (κ1) is 34.6. The number of amidine groups is 1. The molecule has 0 aliphatic heterocycles. The van der Waals surface area contributed by atoms with Gasteiger partial charge in [0.15, 0.2) is 5.78 Å². The van der Waals surface area contributed by atoms with Crippen molar-refractivity contribution in [1.29, 1.82) is 5.41 Å². The van der Waals surface area contributed by atoms with Crippen molar-refractivity contribution in [3.63, 3.8) is 0 Å². The lowest BCUT2D eigenvalue weighted by Crippen LogP contribution is -2.49. The van der Waals surface area contributed by atoms with Crippen molar-refractivity contribution >= 4 is 39.4 Å². The number of sulfonamides is 1. The number of hydrogen-bond donors (Lipinski definition) is 6. The van der Waals surface area contributed by atoms with Crippen LogP contribution in [-0.2, 0) is 37.4 Å². The first-order chi connectivity index (χ1) is 21.4. The third kappa shape index (κ3) is 11.3. The van der Waals surface area contributed by atoms with Crippen LogP contribution in [0.15, 0.2) is 78.9 Å². The topological polar surface area (TPSA) is 214 Å². The fraction of sp³-hybridized carbons (Fsp3) is 0.281. The minimum Gasteiger partial charge on any atom is -0.384 e. The summed E-state index contributed by atoms with van der Waals surface area (Å²) in [5.74, 6) is -2.25. The van der Waals surface area contributed by atoms with Gasteiger partial charge in [0.2, 0.25) is 27.7 Å². The molecule has 3 aromatic carbocycles. The highest BCUT2D eigenvalue weighted by atomic mass is 32.2. The molecule has 2 unspecified atom stereocenters. The Balaban J connectivity index is 1.69. The van der Waals surface area contributed by atoms with Crippen LogP contribution in [0.2, 0.25) is 0 Å². The van der Waals surface area contributed by atoms with Crippen LogP contribution in [0.1, 0.15) is 58.8 Å². The highest BCUT2D eigenvalue weighted by Crippen LogP contribution is 2.14. The second-order valence-electron chi connectivity index (χ2n) is 10.5. The van der Waals surface area contributed by atoms with Gasteiger partial charge in [-0.2, -0.15) is 0 Å². The van der Waals surface area contributed by atoms with Gasteiger partial charge in [-0.25, -0.2) is 13.1 Å². The van der Waals surface area contributed by atoms with Crippen LogP contribution < -0.4 is 26.8 Å². The smallest absolute Gasteiger partial charge is 0.242 e. The molecule has 12 nitrogen and oxygen atoms in total. The average Bonchev–Trinajstić information content (AvgIpc) is 3.02. The molecular weight excluding hydrogens is 596 g/mol. The van der Waals surface area contributed by atoms with E-state index in [1.807, 2.05) is 6.07 Å². The van der Waals surface area contributed by atoms with Gasteiger partial charge in [0.25, 0.3) is 0 Å². The number of hydrogen-bond acceptors (Lipinski definition) is 7. The molecule has 45 heavy (non-hydrogen) atoms. The average molecular weight is 635 g/mol. The van der Waals surface area contributed by atoms with E-state index in [0.717, 1.165) is 5.56 Å². The van der Waals surface area contributed by atoms with Crippen LogP contribution >= 0.6 is 0 Å². The molecule has 0 radical (unpaired) electrons. The summed E-state index contributed by atoms with van der Waals surface area (Å²) in [7, 11) is -3.70. The zero-order valence-electron chi connectivity index (χ0n) is 24.9. The largest absolute Gasteiger partial charge is 0.384 e. The van der Waals surface area contributed by atoms with Crippen molar-refractivity contribution in [2.75, 3.05) is 5.75 Å². The van der Waals surface area contributed by atoms with E-state index < -0.39 is 39.8 Å². The molecule has 0 spiro atoms. The zero-order chi connectivity index (χ0) is 33.0. The molecule has 3 rings (SSSR count). The van der Waals surface area contributed by atoms with Gasteiger partial charge in [-0.15, -0.1) is 0 Å². The van der Waals surface area contributed by atoms with Crippen molar-refractivity contribution in [2.24, 2.45) is 11.5 Å². The van der Waals surface area contributed by atoms with Crippen LogP contribution in [0.3, 0.4) is 0 Å². The molecule has 0 heterocycles. The molecule has 0 saturated carbocycles. The second kappa shape index (κ2) is 16.3. The van der Waals surface area contributed by atoms with Gasteiger partial charge in [0.1, 0.15) is 11.9 Å². The standard InChI is InChI=1S/C32H38N6O6S/c1-2-45(43,44)38-26(18-21-8-12-24(13-9-21)30(41)23-6-4-3-5-7-23)19-29(40)37-27(16-17-28(33)39)32(42)36-20-22-10-14-25(15-11-22)31(34)35/h3-15,26-27,38H,2,16-20H2,1H3,(H2,33,39)(H3,34,35)(H,36,42)(H,37,40). The Morgan fingerprint density at radius 1 is 0.822 bits per heavy atom. The number of ketones is 1. The Kier molecular flexibility index (Phi) is 12.5. The summed E-state index contributed by atoms with van der Waals surface area (Å²) in [4.78, 5) is 50.3. The zero-order valence-corrected chi connectivity index (χ0v) is 25.7. The Bertz CT molecular complexity index is 1610. The number of primary amides is 1. The van der Waals surface area contributed by atoms with Gasteiger partial charge < -0.3 is 22.1 Å². The molecule has 0 aliphatic rings. The number of carbonyl (C=O) groups excluding carboxylic acids is 4. The molecule has 8 N–H and O–H groups in total. The SMILES string of the molecule is CCS(=O)(=O)NC(CC(=O)NC(CCC(N)=O)C(=O)NCc1ccc(C(=N)N)cc1)Cc1ccc(C(=O)c2ccccc2)cc1. The minimum atomic E-state index is -3.70. The van der Waals surface area contributed by atoms with Gasteiger partial charge in [-0.1, -0.05) is 78.9 Å². The maximum Gasteiger partial charge on any atom is 0.242 e. The summed E-state index contributed by atoms with van der Waals surface area (Å²) in [6.45, 7) is 1.59. The van der Waals surface area contributed by atoms with Crippen LogP contribution in [-0.4, -0.2) is 55.6 Å². The van der Waals surface area contributed by atoms with Gasteiger partial charge in [-0.3, -0.25) is 24.6 Å². The maximum absolute atomic E-state index is 13.1. The van der Waals surface area contributed by atoms with E-state index in [-0.39, 0.29) is 49.6 Å². The highest BCUT2D eigenvalue weighted by Gasteiger charge is 2.25. The lowest BCUT2D eigenvalue weighted by molar-refractivity contribution is -0.130. The first-order valence-electron chi connectivity index (χ1n) is 14.3. The number of nitrogens with two attached hydrogens (primary N) is 2. The van der Waals surface area contributed by atoms with E-state index in [0.29, 0.717) is 22.3 Å². The molecule has 2 atom stereocenters. The number of benzene rings is 3. The van der Waals surface area contributed by atoms with Gasteiger partial charge in [-0.05, 0) is 30.9 Å². The number of amides is 3. The van der Waals surface area contributed by atoms with Crippen LogP contribution in [0.5, 0.6) is 0 Å². The number of rotatable bonds is 17. The fourth-order valence-electron chi connectivity index (χ4n) is 4.47. The summed E-state index contributed by atoms with van der Waals surface area (Å²) >= 11 is 0. The summed E-state index contributed by atoms with van der Waals surface area (Å²) in [6.07, 6.45) is -0.373. The normalized spacial score (nSPS) is 12.5. The summed E-state index contributed by atoms with van der Waals surface area (Å²) in [6, 6.07) is 20.2. The second-order valence-corrected chi connectivity index (χ2v) is 12.5. The quantitative estimate of drug-likeness (QED) is 0.0730. The Hall–Kier alpha value is -4.88. The van der Waals surface area contributed by atoms with E-state index in [4.69, 9.17) is 16.9 Å². The van der Waals surface area contributed by atoms with Gasteiger partial charge in [0.05, 0.1) is 5.75 Å². The van der Waals surface area contributed by atoms with Crippen LogP contribution in [0.4, 0.5) is 0 Å². The van der Waals surface area contributed by atoms with Crippen molar-refractivity contribution < 1.29 is 27.6 Å². The number of nitrogens with one attached hydrogen (secondary N) is 4. The number of carbonyl (C=O) groups is 4. The monoisotopic (exact) mass is 634 g/mol. The molecule has 0 fully saturated rings. The Morgan fingerprint density at radius 2 is 1.40 bits per heavy atom. The lowest BCUT2D eigenvalue weighted by atomic mass is 9.98. The third-order valence-electron chi connectivity index (χ3n) is 6.96. The van der Waals surface area contributed by atoms with E-state index in [1.165, 1.54) is 6.92 Å². The minimum absolute atomic E-state index is 0.0571. The summed E-state index contributed by atoms with van der Waals surface area (Å²) in [5.41, 5.74) is 13.7. The predicted molar refractivity (Wildman–Crippen MR) is 171 cm³/mol. The number of nitrogen functional groups attached to an aromatic ring is 1. The highest BCUT2D eigenvalue weighted by molar-refractivity contribution is 7.89. The van der Waals surface area contributed by atoms with Gasteiger partial charge in [0, 0.05) is 42.1 Å². The Morgan fingerprint density at radius 3 is 1.98 bits per heavy atom. The predicted octanol–water partition coefficient (Wildman–Crippen LogP) is 1.51. The van der Waals surface area contributed by atoms with E-state index in [2.05, 4.69) is 15.4 Å².